The number of unbranched alkanes of at least 4 members (excludes halogenated alkanes) is 1. The van der Waals surface area contributed by atoms with Gasteiger partial charge in [-0.1, -0.05) is 18.0 Å². The van der Waals surface area contributed by atoms with Crippen molar-refractivity contribution in [2.75, 3.05) is 13.1 Å². The van der Waals surface area contributed by atoms with Crippen molar-refractivity contribution in [3.05, 3.63) is 0 Å². The normalized spacial score (nSPS) is 17.3. The van der Waals surface area contributed by atoms with E-state index in [2.05, 4.69) is 10.5 Å². The van der Waals surface area contributed by atoms with Gasteiger partial charge in [-0.2, -0.15) is 0 Å². The second-order valence-corrected chi connectivity index (χ2v) is 4.03. The Morgan fingerprint density at radius 1 is 1.36 bits per heavy atom. The third-order valence-electron chi connectivity index (χ3n) is 2.59. The Kier molecular flexibility index (Phi) is 5.37. The number of hydrogen-bond acceptors (Lipinski definition) is 3. The van der Waals surface area contributed by atoms with Gasteiger partial charge in [-0.05, 0) is 38.3 Å². The van der Waals surface area contributed by atoms with Crippen LogP contribution in [0.3, 0.4) is 0 Å². The molecule has 1 saturated carbocycles. The maximum Gasteiger partial charge on any atom is 0.139 e. The summed E-state index contributed by atoms with van der Waals surface area (Å²) in [6.07, 6.45) is 6.99. The van der Waals surface area contributed by atoms with Crippen LogP contribution in [0.5, 0.6) is 0 Å². The summed E-state index contributed by atoms with van der Waals surface area (Å²) in [5.41, 5.74) is 5.34. The molecule has 4 N–H and O–H groups in total. The quantitative estimate of drug-likeness (QED) is 0.181. The molecular weight excluding hydrogens is 178 g/mol. The van der Waals surface area contributed by atoms with Gasteiger partial charge in [0.1, 0.15) is 5.84 Å². The van der Waals surface area contributed by atoms with E-state index in [1.165, 1.54) is 19.3 Å². The van der Waals surface area contributed by atoms with E-state index in [1.54, 1.807) is 0 Å². The molecule has 0 heterocycles. The van der Waals surface area contributed by atoms with Gasteiger partial charge in [0.25, 0.3) is 0 Å². The molecule has 0 amide bonds. The van der Waals surface area contributed by atoms with Crippen LogP contribution >= 0.6 is 0 Å². The van der Waals surface area contributed by atoms with E-state index in [4.69, 9.17) is 10.9 Å². The van der Waals surface area contributed by atoms with Crippen LogP contribution in [-0.4, -0.2) is 24.1 Å². The van der Waals surface area contributed by atoms with Crippen LogP contribution in [0.2, 0.25) is 0 Å². The van der Waals surface area contributed by atoms with E-state index in [-0.39, 0.29) is 0 Å². The molecule has 0 bridgehead atoms. The molecule has 0 unspecified atom stereocenters. The Labute approximate surface area is 85.6 Å². The molecule has 14 heavy (non-hydrogen) atoms. The van der Waals surface area contributed by atoms with E-state index in [1.807, 2.05) is 0 Å². The Morgan fingerprint density at radius 3 is 2.79 bits per heavy atom. The molecule has 1 aliphatic carbocycles. The van der Waals surface area contributed by atoms with E-state index >= 15 is 0 Å². The largest absolute Gasteiger partial charge is 0.409 e. The van der Waals surface area contributed by atoms with Crippen LogP contribution in [0.1, 0.15) is 38.5 Å². The highest BCUT2D eigenvalue weighted by molar-refractivity contribution is 5.79. The van der Waals surface area contributed by atoms with E-state index in [9.17, 15) is 0 Å². The van der Waals surface area contributed by atoms with Crippen molar-refractivity contribution in [3.8, 4) is 0 Å². The molecule has 4 heteroatoms. The van der Waals surface area contributed by atoms with Crippen LogP contribution in [0.25, 0.3) is 0 Å². The van der Waals surface area contributed by atoms with Gasteiger partial charge in [0.2, 0.25) is 0 Å². The van der Waals surface area contributed by atoms with Gasteiger partial charge in [0.05, 0.1) is 0 Å². The molecule has 0 radical (unpaired) electrons. The molecule has 1 rings (SSSR count). The number of amidine groups is 1. The van der Waals surface area contributed by atoms with Crippen molar-refractivity contribution < 1.29 is 5.21 Å². The third kappa shape index (κ3) is 5.80. The zero-order valence-electron chi connectivity index (χ0n) is 8.71. The van der Waals surface area contributed by atoms with Gasteiger partial charge in [-0.25, -0.2) is 0 Å². The first-order valence-electron chi connectivity index (χ1n) is 5.50. The number of oxime groups is 1. The lowest BCUT2D eigenvalue weighted by atomic mass is 10.2. The maximum absolute atomic E-state index is 8.29. The molecule has 0 spiro atoms. The fourth-order valence-electron chi connectivity index (χ4n) is 1.44. The van der Waals surface area contributed by atoms with E-state index < -0.39 is 0 Å². The smallest absolute Gasteiger partial charge is 0.139 e. The van der Waals surface area contributed by atoms with Gasteiger partial charge in [-0.15, -0.1) is 0 Å². The molecule has 1 fully saturated rings. The highest BCUT2D eigenvalue weighted by atomic mass is 16.4. The first-order valence-corrected chi connectivity index (χ1v) is 5.50. The average molecular weight is 199 g/mol. The van der Waals surface area contributed by atoms with Crippen molar-refractivity contribution in [2.24, 2.45) is 16.8 Å². The minimum Gasteiger partial charge on any atom is -0.409 e. The summed E-state index contributed by atoms with van der Waals surface area (Å²) in [6.45, 7) is 2.19. The highest BCUT2D eigenvalue weighted by Crippen LogP contribution is 2.31. The lowest BCUT2D eigenvalue weighted by Gasteiger charge is -2.03. The second kappa shape index (κ2) is 6.65. The Balaban J connectivity index is 1.74. The van der Waals surface area contributed by atoms with Crippen molar-refractivity contribution >= 4 is 5.84 Å². The zero-order chi connectivity index (χ0) is 10.2. The summed E-state index contributed by atoms with van der Waals surface area (Å²) in [4.78, 5) is 0. The lowest BCUT2D eigenvalue weighted by molar-refractivity contribution is 0.316. The van der Waals surface area contributed by atoms with Crippen LogP contribution < -0.4 is 11.1 Å². The van der Waals surface area contributed by atoms with Crippen LogP contribution in [0.4, 0.5) is 0 Å². The fraction of sp³-hybridized carbons (Fsp3) is 0.900. The van der Waals surface area contributed by atoms with Crippen LogP contribution in [-0.2, 0) is 0 Å². The van der Waals surface area contributed by atoms with Gasteiger partial charge in [0.15, 0.2) is 0 Å². The monoisotopic (exact) mass is 199 g/mol. The number of nitrogens with two attached hydrogens (primary N) is 1. The topological polar surface area (TPSA) is 70.6 Å². The molecule has 0 aromatic rings. The number of nitrogens with one attached hydrogen (secondary N) is 1. The van der Waals surface area contributed by atoms with Crippen molar-refractivity contribution in [1.82, 2.24) is 5.32 Å². The SMILES string of the molecule is NC(CCCCNCCC1CC1)=NO. The lowest BCUT2D eigenvalue weighted by Crippen LogP contribution is -2.18. The maximum atomic E-state index is 8.29. The first kappa shape index (κ1) is 11.3. The fourth-order valence-corrected chi connectivity index (χ4v) is 1.44. The number of hydrogen-bond donors (Lipinski definition) is 3. The summed E-state index contributed by atoms with van der Waals surface area (Å²) >= 11 is 0. The number of nitrogens with zero attached hydrogens (tertiary/aromatic N) is 1. The van der Waals surface area contributed by atoms with Crippen molar-refractivity contribution in [3.63, 3.8) is 0 Å². The van der Waals surface area contributed by atoms with Crippen LogP contribution in [0.15, 0.2) is 5.16 Å². The first-order chi connectivity index (χ1) is 6.83. The molecule has 82 valence electrons. The minimum atomic E-state index is 0.336. The molecule has 0 saturated heterocycles. The van der Waals surface area contributed by atoms with Gasteiger partial charge < -0.3 is 16.3 Å². The standard InChI is InChI=1S/C10H21N3O/c11-10(13-14)3-1-2-7-12-8-6-9-4-5-9/h9,12,14H,1-8H2,(H2,11,13). The molecule has 4 nitrogen and oxygen atoms in total. The molecule has 0 aromatic heterocycles. The third-order valence-corrected chi connectivity index (χ3v) is 2.59. The molecule has 0 aliphatic heterocycles. The van der Waals surface area contributed by atoms with Crippen LogP contribution in [0, 0.1) is 5.92 Å². The molecule has 0 atom stereocenters. The minimum absolute atomic E-state index is 0.336. The Hall–Kier alpha value is -0.770. The highest BCUT2D eigenvalue weighted by Gasteiger charge is 2.19. The van der Waals surface area contributed by atoms with Gasteiger partial charge in [0, 0.05) is 6.42 Å². The zero-order valence-corrected chi connectivity index (χ0v) is 8.71. The molecular formula is C10H21N3O. The Morgan fingerprint density at radius 2 is 2.14 bits per heavy atom. The summed E-state index contributed by atoms with van der Waals surface area (Å²) in [5.74, 6) is 1.35. The summed E-state index contributed by atoms with van der Waals surface area (Å²) in [7, 11) is 0. The van der Waals surface area contributed by atoms with Gasteiger partial charge in [-0.3, -0.25) is 0 Å². The average Bonchev–Trinajstić information content (AvgIpc) is 2.99. The number of rotatable bonds is 8. The summed E-state index contributed by atoms with van der Waals surface area (Å²) in [6, 6.07) is 0. The van der Waals surface area contributed by atoms with Crippen molar-refractivity contribution in [1.29, 1.82) is 0 Å². The molecule has 1 aliphatic rings. The summed E-state index contributed by atoms with van der Waals surface area (Å²) in [5, 5.41) is 14.6. The van der Waals surface area contributed by atoms with Crippen molar-refractivity contribution in [2.45, 2.75) is 38.5 Å². The van der Waals surface area contributed by atoms with Gasteiger partial charge >= 0.3 is 0 Å². The Bertz CT molecular complexity index is 178. The predicted molar refractivity (Wildman–Crippen MR) is 57.5 cm³/mol. The van der Waals surface area contributed by atoms with E-state index in [0.717, 1.165) is 31.8 Å². The predicted octanol–water partition coefficient (Wildman–Crippen LogP) is 1.29. The summed E-state index contributed by atoms with van der Waals surface area (Å²) < 4.78 is 0. The molecule has 0 aromatic carbocycles. The van der Waals surface area contributed by atoms with E-state index in [0.29, 0.717) is 12.3 Å². The second-order valence-electron chi connectivity index (χ2n) is 4.03.